The van der Waals surface area contributed by atoms with Crippen LogP contribution in [0.5, 0.6) is 0 Å². The topological polar surface area (TPSA) is 110 Å². The minimum Gasteiger partial charge on any atom is -0.370 e. The van der Waals surface area contributed by atoms with E-state index in [0.29, 0.717) is 17.9 Å². The van der Waals surface area contributed by atoms with Crippen molar-refractivity contribution in [1.29, 1.82) is 0 Å². The monoisotopic (exact) mass is 232 g/mol. The summed E-state index contributed by atoms with van der Waals surface area (Å²) in [6.45, 7) is 0.679. The number of primary amides is 1. The highest BCUT2D eigenvalue weighted by molar-refractivity contribution is 5.92. The fraction of sp³-hybridized carbons (Fsp3) is 0.200. The number of nitrogens with two attached hydrogens (primary N) is 1. The number of carbonyl (C=O) groups is 1. The van der Waals surface area contributed by atoms with Gasteiger partial charge in [0, 0.05) is 19.2 Å². The first-order valence-corrected chi connectivity index (χ1v) is 5.09. The number of amides is 1. The molecule has 2 rings (SSSR count). The molecular formula is C10H12N6O. The van der Waals surface area contributed by atoms with Gasteiger partial charge in [0.1, 0.15) is 18.0 Å². The number of pyridine rings is 1. The van der Waals surface area contributed by atoms with Crippen molar-refractivity contribution >= 4 is 11.7 Å². The van der Waals surface area contributed by atoms with Crippen LogP contribution in [0.2, 0.25) is 0 Å². The molecule has 88 valence electrons. The molecule has 4 N–H and O–H groups in total. The minimum atomic E-state index is -0.481. The summed E-state index contributed by atoms with van der Waals surface area (Å²) in [6, 6.07) is 3.34. The summed E-state index contributed by atoms with van der Waals surface area (Å²) in [5, 5.41) is 9.61. The molecular weight excluding hydrogens is 220 g/mol. The first-order chi connectivity index (χ1) is 8.25. The molecule has 0 radical (unpaired) electrons. The van der Waals surface area contributed by atoms with Crippen LogP contribution in [0.15, 0.2) is 24.7 Å². The molecule has 0 atom stereocenters. The van der Waals surface area contributed by atoms with Crippen LogP contribution in [0, 0.1) is 0 Å². The molecule has 0 saturated heterocycles. The van der Waals surface area contributed by atoms with Crippen LogP contribution in [-0.2, 0) is 6.42 Å². The van der Waals surface area contributed by atoms with Crippen LogP contribution in [0.25, 0.3) is 0 Å². The Bertz CT molecular complexity index is 478. The summed E-state index contributed by atoms with van der Waals surface area (Å²) < 4.78 is 0. The lowest BCUT2D eigenvalue weighted by Crippen LogP contribution is -2.12. The molecule has 7 nitrogen and oxygen atoms in total. The van der Waals surface area contributed by atoms with Gasteiger partial charge >= 0.3 is 0 Å². The van der Waals surface area contributed by atoms with E-state index >= 15 is 0 Å². The first-order valence-electron chi connectivity index (χ1n) is 5.09. The Labute approximate surface area is 97.5 Å². The van der Waals surface area contributed by atoms with E-state index in [9.17, 15) is 4.79 Å². The first kappa shape index (κ1) is 11.1. The van der Waals surface area contributed by atoms with Crippen molar-refractivity contribution in [3.05, 3.63) is 36.0 Å². The number of aromatic amines is 1. The number of nitrogens with one attached hydrogen (secondary N) is 2. The van der Waals surface area contributed by atoms with Gasteiger partial charge in [-0.15, -0.1) is 0 Å². The number of aromatic nitrogens is 4. The van der Waals surface area contributed by atoms with Gasteiger partial charge in [-0.3, -0.25) is 9.89 Å². The van der Waals surface area contributed by atoms with Crippen LogP contribution >= 0.6 is 0 Å². The maximum Gasteiger partial charge on any atom is 0.250 e. The lowest BCUT2D eigenvalue weighted by atomic mass is 10.3. The normalized spacial score (nSPS) is 10.1. The molecule has 2 aromatic heterocycles. The molecule has 0 fully saturated rings. The Morgan fingerprint density at radius 1 is 1.41 bits per heavy atom. The number of rotatable bonds is 5. The Balaban J connectivity index is 1.85. The highest BCUT2D eigenvalue weighted by atomic mass is 16.1. The van der Waals surface area contributed by atoms with Crippen molar-refractivity contribution in [3.63, 3.8) is 0 Å². The standard InChI is InChI=1S/C10H12N6O/c11-10(17)7-1-2-8(13-5-7)12-4-3-9-14-6-15-16-9/h1-2,5-6H,3-4H2,(H2,11,17)(H,12,13)(H,14,15,16). The second-order valence-corrected chi connectivity index (χ2v) is 3.41. The number of carbonyl (C=O) groups excluding carboxylic acids is 1. The molecule has 0 unspecified atom stereocenters. The van der Waals surface area contributed by atoms with E-state index in [1.807, 2.05) is 0 Å². The van der Waals surface area contributed by atoms with Gasteiger partial charge in [0.15, 0.2) is 0 Å². The quantitative estimate of drug-likeness (QED) is 0.669. The molecule has 17 heavy (non-hydrogen) atoms. The summed E-state index contributed by atoms with van der Waals surface area (Å²) in [5.41, 5.74) is 5.50. The third kappa shape index (κ3) is 3.00. The highest BCUT2D eigenvalue weighted by Crippen LogP contribution is 2.04. The average Bonchev–Trinajstić information content (AvgIpc) is 2.83. The average molecular weight is 232 g/mol. The third-order valence-electron chi connectivity index (χ3n) is 2.18. The van der Waals surface area contributed by atoms with Crippen molar-refractivity contribution < 1.29 is 4.79 Å². The Hall–Kier alpha value is -2.44. The zero-order valence-electron chi connectivity index (χ0n) is 9.05. The molecule has 2 heterocycles. The van der Waals surface area contributed by atoms with Gasteiger partial charge in [-0.25, -0.2) is 9.97 Å². The van der Waals surface area contributed by atoms with Crippen LogP contribution in [0.1, 0.15) is 16.2 Å². The SMILES string of the molecule is NC(=O)c1ccc(NCCc2ncn[nH]2)nc1. The fourth-order valence-corrected chi connectivity index (χ4v) is 1.30. The maximum absolute atomic E-state index is 10.8. The number of hydrogen-bond donors (Lipinski definition) is 3. The maximum atomic E-state index is 10.8. The molecule has 0 aliphatic heterocycles. The Morgan fingerprint density at radius 2 is 2.29 bits per heavy atom. The summed E-state index contributed by atoms with van der Waals surface area (Å²) in [6.07, 6.45) is 3.63. The van der Waals surface area contributed by atoms with Crippen molar-refractivity contribution in [2.75, 3.05) is 11.9 Å². The summed E-state index contributed by atoms with van der Waals surface area (Å²) >= 11 is 0. The Kier molecular flexibility index (Phi) is 3.29. The van der Waals surface area contributed by atoms with Gasteiger partial charge in [-0.2, -0.15) is 5.10 Å². The molecule has 1 amide bonds. The van der Waals surface area contributed by atoms with Gasteiger partial charge in [-0.1, -0.05) is 0 Å². The van der Waals surface area contributed by atoms with Crippen molar-refractivity contribution in [2.45, 2.75) is 6.42 Å². The molecule has 0 bridgehead atoms. The van der Waals surface area contributed by atoms with Crippen LogP contribution in [0.4, 0.5) is 5.82 Å². The molecule has 0 aromatic carbocycles. The lowest BCUT2D eigenvalue weighted by molar-refractivity contribution is 0.1000. The predicted molar refractivity (Wildman–Crippen MR) is 61.3 cm³/mol. The number of hydrogen-bond acceptors (Lipinski definition) is 5. The summed E-state index contributed by atoms with van der Waals surface area (Å²) in [7, 11) is 0. The smallest absolute Gasteiger partial charge is 0.250 e. The number of nitrogens with zero attached hydrogens (tertiary/aromatic N) is 3. The highest BCUT2D eigenvalue weighted by Gasteiger charge is 2.01. The van der Waals surface area contributed by atoms with E-state index in [-0.39, 0.29) is 0 Å². The van der Waals surface area contributed by atoms with Gasteiger partial charge in [0.05, 0.1) is 5.56 Å². The van der Waals surface area contributed by atoms with E-state index in [1.165, 1.54) is 12.5 Å². The molecule has 0 saturated carbocycles. The van der Waals surface area contributed by atoms with E-state index in [0.717, 1.165) is 12.2 Å². The van der Waals surface area contributed by atoms with E-state index in [4.69, 9.17) is 5.73 Å². The van der Waals surface area contributed by atoms with Crippen LogP contribution < -0.4 is 11.1 Å². The van der Waals surface area contributed by atoms with Crippen LogP contribution in [0.3, 0.4) is 0 Å². The second-order valence-electron chi connectivity index (χ2n) is 3.41. The lowest BCUT2D eigenvalue weighted by Gasteiger charge is -2.04. The zero-order valence-corrected chi connectivity index (χ0v) is 9.05. The van der Waals surface area contributed by atoms with Gasteiger partial charge in [0.25, 0.3) is 0 Å². The minimum absolute atomic E-state index is 0.394. The predicted octanol–water partition coefficient (Wildman–Crippen LogP) is -0.0468. The molecule has 0 aliphatic carbocycles. The second kappa shape index (κ2) is 5.06. The largest absolute Gasteiger partial charge is 0.370 e. The van der Waals surface area contributed by atoms with Gasteiger partial charge in [-0.05, 0) is 12.1 Å². The molecule has 2 aromatic rings. The number of H-pyrrole nitrogens is 1. The van der Waals surface area contributed by atoms with E-state index in [1.54, 1.807) is 12.1 Å². The van der Waals surface area contributed by atoms with E-state index < -0.39 is 5.91 Å². The third-order valence-corrected chi connectivity index (χ3v) is 2.18. The van der Waals surface area contributed by atoms with Gasteiger partial charge in [0.2, 0.25) is 5.91 Å². The summed E-state index contributed by atoms with van der Waals surface area (Å²) in [4.78, 5) is 18.9. The van der Waals surface area contributed by atoms with Crippen LogP contribution in [-0.4, -0.2) is 32.6 Å². The fourth-order valence-electron chi connectivity index (χ4n) is 1.30. The van der Waals surface area contributed by atoms with E-state index in [2.05, 4.69) is 25.5 Å². The van der Waals surface area contributed by atoms with Crippen molar-refractivity contribution in [2.24, 2.45) is 5.73 Å². The van der Waals surface area contributed by atoms with Gasteiger partial charge < -0.3 is 11.1 Å². The Morgan fingerprint density at radius 3 is 2.88 bits per heavy atom. The molecule has 7 heteroatoms. The summed E-state index contributed by atoms with van der Waals surface area (Å²) in [5.74, 6) is 1.02. The molecule has 0 spiro atoms. The zero-order chi connectivity index (χ0) is 12.1. The molecule has 0 aliphatic rings. The number of anilines is 1. The van der Waals surface area contributed by atoms with Crippen molar-refractivity contribution in [3.8, 4) is 0 Å². The van der Waals surface area contributed by atoms with Crippen molar-refractivity contribution in [1.82, 2.24) is 20.2 Å².